The number of nitrogens with two attached hydrogens (primary N) is 1. The summed E-state index contributed by atoms with van der Waals surface area (Å²) >= 11 is 0. The second-order valence-corrected chi connectivity index (χ2v) is 6.10. The lowest BCUT2D eigenvalue weighted by atomic mass is 10.2. The molecule has 0 aliphatic heterocycles. The smallest absolute Gasteiger partial charge is 0.274 e. The molecule has 0 radical (unpaired) electrons. The number of carbonyl (C=O) groups is 1. The van der Waals surface area contributed by atoms with E-state index in [9.17, 15) is 9.59 Å². The third kappa shape index (κ3) is 3.78. The standard InChI is InChI=1S/C17H21N5O3/c1-3-10(2)25-15-12(9-19-17(18)21-15)14(23)20-13-5-4-8-22(16(13)24)11-6-7-11/h4-5,8-11H,3,6-7H2,1-2H3,(H,20,23)(H2,18,19,21)/t10-/m1/s1. The predicted molar refractivity (Wildman–Crippen MR) is 93.8 cm³/mol. The van der Waals surface area contributed by atoms with Crippen molar-refractivity contribution >= 4 is 17.5 Å². The first-order chi connectivity index (χ1) is 12.0. The Hall–Kier alpha value is -2.90. The second kappa shape index (κ2) is 6.92. The van der Waals surface area contributed by atoms with Gasteiger partial charge in [0.15, 0.2) is 0 Å². The fraction of sp³-hybridized carbons (Fsp3) is 0.412. The van der Waals surface area contributed by atoms with E-state index in [0.717, 1.165) is 19.3 Å². The Kier molecular flexibility index (Phi) is 4.69. The van der Waals surface area contributed by atoms with E-state index in [4.69, 9.17) is 10.5 Å². The summed E-state index contributed by atoms with van der Waals surface area (Å²) in [6.45, 7) is 3.82. The van der Waals surface area contributed by atoms with Gasteiger partial charge in [-0.3, -0.25) is 9.59 Å². The van der Waals surface area contributed by atoms with Crippen LogP contribution in [0.15, 0.2) is 29.3 Å². The second-order valence-electron chi connectivity index (χ2n) is 6.10. The van der Waals surface area contributed by atoms with Crippen molar-refractivity contribution in [2.75, 3.05) is 11.1 Å². The Balaban J connectivity index is 1.86. The van der Waals surface area contributed by atoms with Crippen LogP contribution in [0.2, 0.25) is 0 Å². The van der Waals surface area contributed by atoms with Gasteiger partial charge in [0, 0.05) is 18.4 Å². The molecule has 8 nitrogen and oxygen atoms in total. The van der Waals surface area contributed by atoms with Gasteiger partial charge in [-0.1, -0.05) is 6.92 Å². The highest BCUT2D eigenvalue weighted by atomic mass is 16.5. The SMILES string of the molecule is CC[C@@H](C)Oc1nc(N)ncc1C(=O)Nc1cccn(C2CC2)c1=O. The zero-order valence-electron chi connectivity index (χ0n) is 14.2. The molecule has 3 N–H and O–H groups in total. The van der Waals surface area contributed by atoms with Crippen LogP contribution in [0, 0.1) is 0 Å². The van der Waals surface area contributed by atoms with E-state index in [0.29, 0.717) is 0 Å². The van der Waals surface area contributed by atoms with Gasteiger partial charge in [-0.15, -0.1) is 0 Å². The molecule has 3 rings (SSSR count). The van der Waals surface area contributed by atoms with E-state index in [1.165, 1.54) is 6.20 Å². The Morgan fingerprint density at radius 3 is 2.96 bits per heavy atom. The summed E-state index contributed by atoms with van der Waals surface area (Å²) in [7, 11) is 0. The third-order valence-corrected chi connectivity index (χ3v) is 4.07. The van der Waals surface area contributed by atoms with Gasteiger partial charge in [0.2, 0.25) is 11.8 Å². The number of ether oxygens (including phenoxy) is 1. The summed E-state index contributed by atoms with van der Waals surface area (Å²) in [6, 6.07) is 3.55. The number of amides is 1. The minimum Gasteiger partial charge on any atom is -0.474 e. The number of nitrogen functional groups attached to an aromatic ring is 1. The first-order valence-corrected chi connectivity index (χ1v) is 8.31. The summed E-state index contributed by atoms with van der Waals surface area (Å²) in [5.74, 6) is -0.382. The van der Waals surface area contributed by atoms with Crippen molar-refractivity contribution < 1.29 is 9.53 Å². The number of aromatic nitrogens is 3. The number of anilines is 2. The molecular weight excluding hydrogens is 322 g/mol. The van der Waals surface area contributed by atoms with Gasteiger partial charge < -0.3 is 20.4 Å². The molecule has 0 unspecified atom stereocenters. The normalized spacial score (nSPS) is 14.8. The largest absolute Gasteiger partial charge is 0.474 e. The van der Waals surface area contributed by atoms with Crippen molar-refractivity contribution in [2.45, 2.75) is 45.3 Å². The summed E-state index contributed by atoms with van der Waals surface area (Å²) < 4.78 is 7.31. The Labute approximate surface area is 145 Å². The number of carbonyl (C=O) groups excluding carboxylic acids is 1. The lowest BCUT2D eigenvalue weighted by molar-refractivity contribution is 0.101. The topological polar surface area (TPSA) is 112 Å². The van der Waals surface area contributed by atoms with E-state index >= 15 is 0 Å². The summed E-state index contributed by atoms with van der Waals surface area (Å²) in [6.07, 6.45) is 5.61. The van der Waals surface area contributed by atoms with Gasteiger partial charge >= 0.3 is 0 Å². The monoisotopic (exact) mass is 343 g/mol. The molecule has 132 valence electrons. The molecule has 2 aromatic heterocycles. The van der Waals surface area contributed by atoms with Crippen molar-refractivity contribution in [1.29, 1.82) is 0 Å². The molecular formula is C17H21N5O3. The molecule has 1 saturated carbocycles. The van der Waals surface area contributed by atoms with Gasteiger partial charge in [-0.25, -0.2) is 4.98 Å². The van der Waals surface area contributed by atoms with Crippen molar-refractivity contribution in [3.8, 4) is 5.88 Å². The Morgan fingerprint density at radius 1 is 1.52 bits per heavy atom. The average Bonchev–Trinajstić information content (AvgIpc) is 3.41. The van der Waals surface area contributed by atoms with Crippen LogP contribution >= 0.6 is 0 Å². The van der Waals surface area contributed by atoms with Gasteiger partial charge in [0.1, 0.15) is 11.3 Å². The summed E-state index contributed by atoms with van der Waals surface area (Å²) in [5.41, 5.74) is 5.72. The highest BCUT2D eigenvalue weighted by Gasteiger charge is 2.25. The molecule has 2 heterocycles. The van der Waals surface area contributed by atoms with Gasteiger partial charge in [-0.05, 0) is 38.3 Å². The Bertz CT molecular complexity index is 844. The molecule has 0 aromatic carbocycles. The van der Waals surface area contributed by atoms with Crippen LogP contribution in [0.5, 0.6) is 5.88 Å². The van der Waals surface area contributed by atoms with Gasteiger partial charge in [0.25, 0.3) is 11.5 Å². The van der Waals surface area contributed by atoms with Gasteiger partial charge in [-0.2, -0.15) is 4.98 Å². The maximum Gasteiger partial charge on any atom is 0.274 e. The van der Waals surface area contributed by atoms with E-state index in [-0.39, 0.29) is 40.8 Å². The molecule has 0 bridgehead atoms. The number of nitrogens with one attached hydrogen (secondary N) is 1. The first kappa shape index (κ1) is 16.9. The molecule has 0 saturated heterocycles. The minimum atomic E-state index is -0.510. The molecule has 1 aliphatic carbocycles. The molecule has 1 atom stereocenters. The minimum absolute atomic E-state index is 0.0191. The molecule has 25 heavy (non-hydrogen) atoms. The number of nitrogens with zero attached hydrogens (tertiary/aromatic N) is 3. The third-order valence-electron chi connectivity index (χ3n) is 4.07. The zero-order chi connectivity index (χ0) is 18.0. The van der Waals surface area contributed by atoms with Crippen molar-refractivity contribution in [2.24, 2.45) is 0 Å². The lowest BCUT2D eigenvalue weighted by Gasteiger charge is -2.15. The maximum atomic E-state index is 12.6. The van der Waals surface area contributed by atoms with Crippen LogP contribution < -0.4 is 21.3 Å². The summed E-state index contributed by atoms with van der Waals surface area (Å²) in [5, 5.41) is 2.63. The average molecular weight is 343 g/mol. The number of rotatable bonds is 6. The molecule has 1 amide bonds. The predicted octanol–water partition coefficient (Wildman–Crippen LogP) is 1.99. The van der Waals surface area contributed by atoms with E-state index < -0.39 is 5.91 Å². The van der Waals surface area contributed by atoms with Crippen molar-refractivity contribution in [3.05, 3.63) is 40.4 Å². The van der Waals surface area contributed by atoms with E-state index in [2.05, 4.69) is 15.3 Å². The van der Waals surface area contributed by atoms with E-state index in [1.807, 2.05) is 13.8 Å². The fourth-order valence-corrected chi connectivity index (χ4v) is 2.33. The van der Waals surface area contributed by atoms with Crippen LogP contribution in [-0.2, 0) is 0 Å². The molecule has 1 aliphatic rings. The zero-order valence-corrected chi connectivity index (χ0v) is 14.2. The first-order valence-electron chi connectivity index (χ1n) is 8.31. The quantitative estimate of drug-likeness (QED) is 0.829. The van der Waals surface area contributed by atoms with Crippen LogP contribution in [0.1, 0.15) is 49.5 Å². The van der Waals surface area contributed by atoms with Crippen LogP contribution in [0.4, 0.5) is 11.6 Å². The molecule has 8 heteroatoms. The molecule has 2 aromatic rings. The van der Waals surface area contributed by atoms with Crippen LogP contribution in [0.3, 0.4) is 0 Å². The lowest BCUT2D eigenvalue weighted by Crippen LogP contribution is -2.26. The number of hydrogen-bond donors (Lipinski definition) is 2. The van der Waals surface area contributed by atoms with Crippen LogP contribution in [-0.4, -0.2) is 26.5 Å². The maximum absolute atomic E-state index is 12.6. The fourth-order valence-electron chi connectivity index (χ4n) is 2.33. The summed E-state index contributed by atoms with van der Waals surface area (Å²) in [4.78, 5) is 32.9. The highest BCUT2D eigenvalue weighted by Crippen LogP contribution is 2.33. The van der Waals surface area contributed by atoms with Gasteiger partial charge in [0.05, 0.1) is 6.10 Å². The Morgan fingerprint density at radius 2 is 2.28 bits per heavy atom. The van der Waals surface area contributed by atoms with Crippen LogP contribution in [0.25, 0.3) is 0 Å². The number of hydrogen-bond acceptors (Lipinski definition) is 6. The van der Waals surface area contributed by atoms with E-state index in [1.54, 1.807) is 22.9 Å². The van der Waals surface area contributed by atoms with Crippen molar-refractivity contribution in [3.63, 3.8) is 0 Å². The molecule has 1 fully saturated rings. The highest BCUT2D eigenvalue weighted by molar-refractivity contribution is 6.05. The molecule has 0 spiro atoms. The van der Waals surface area contributed by atoms with Crippen molar-refractivity contribution in [1.82, 2.24) is 14.5 Å². The number of pyridine rings is 1.